The molecule has 3 aromatic rings. The van der Waals surface area contributed by atoms with Gasteiger partial charge in [0.1, 0.15) is 10.8 Å². The molecule has 30 heavy (non-hydrogen) atoms. The second kappa shape index (κ2) is 9.93. The van der Waals surface area contributed by atoms with Crippen molar-refractivity contribution in [1.29, 1.82) is 0 Å². The summed E-state index contributed by atoms with van der Waals surface area (Å²) in [5.41, 5.74) is 2.33. The summed E-state index contributed by atoms with van der Waals surface area (Å²) < 4.78 is 11.0. The molecule has 0 bridgehead atoms. The average molecular weight is 423 g/mol. The number of hydrogen-bond acceptors (Lipinski definition) is 6. The highest BCUT2D eigenvalue weighted by molar-refractivity contribution is 7.98. The Balaban J connectivity index is 1.91. The van der Waals surface area contributed by atoms with Gasteiger partial charge < -0.3 is 14.8 Å². The van der Waals surface area contributed by atoms with E-state index in [1.165, 1.54) is 18.9 Å². The van der Waals surface area contributed by atoms with E-state index < -0.39 is 18.0 Å². The lowest BCUT2D eigenvalue weighted by molar-refractivity contribution is -0.125. The summed E-state index contributed by atoms with van der Waals surface area (Å²) in [4.78, 5) is 30.2. The molecule has 6 nitrogen and oxygen atoms in total. The lowest BCUT2D eigenvalue weighted by atomic mass is 10.1. The predicted octanol–water partition coefficient (Wildman–Crippen LogP) is 4.66. The van der Waals surface area contributed by atoms with Crippen LogP contribution in [0.4, 0.5) is 5.69 Å². The zero-order valence-electron chi connectivity index (χ0n) is 16.9. The highest BCUT2D eigenvalue weighted by atomic mass is 32.2. The van der Waals surface area contributed by atoms with Crippen LogP contribution in [0.1, 0.15) is 27.6 Å². The fraction of sp³-hybridized carbons (Fsp3) is 0.174. The Kier molecular flexibility index (Phi) is 7.08. The quantitative estimate of drug-likeness (QED) is 0.441. The van der Waals surface area contributed by atoms with Crippen LogP contribution in [0, 0.1) is 6.92 Å². The molecule has 1 N–H and O–H groups in total. The third-order valence-corrected chi connectivity index (χ3v) is 5.07. The van der Waals surface area contributed by atoms with E-state index in [1.807, 2.05) is 25.3 Å². The minimum Gasteiger partial charge on any atom is -0.495 e. The van der Waals surface area contributed by atoms with E-state index in [0.29, 0.717) is 27.6 Å². The maximum Gasteiger partial charge on any atom is 0.342 e. The first-order valence-electron chi connectivity index (χ1n) is 9.24. The first-order valence-corrected chi connectivity index (χ1v) is 10.5. The molecule has 154 valence electrons. The zero-order valence-corrected chi connectivity index (χ0v) is 17.7. The summed E-state index contributed by atoms with van der Waals surface area (Å²) in [6.45, 7) is 1.91. The van der Waals surface area contributed by atoms with Crippen molar-refractivity contribution in [3.05, 3.63) is 83.6 Å². The number of amides is 1. The molecule has 0 unspecified atom stereocenters. The lowest BCUT2D eigenvalue weighted by Crippen LogP contribution is -2.26. The summed E-state index contributed by atoms with van der Waals surface area (Å²) in [6, 6.07) is 17.6. The van der Waals surface area contributed by atoms with E-state index in [2.05, 4.69) is 10.3 Å². The Labute approximate surface area is 179 Å². The fourth-order valence-electron chi connectivity index (χ4n) is 2.90. The molecular formula is C23H22N2O4S. The summed E-state index contributed by atoms with van der Waals surface area (Å²) in [5.74, 6) is -0.579. The van der Waals surface area contributed by atoms with Crippen molar-refractivity contribution >= 4 is 29.3 Å². The molecule has 0 aliphatic heterocycles. The monoisotopic (exact) mass is 422 g/mol. The Bertz CT molecular complexity index is 1040. The Morgan fingerprint density at radius 1 is 1.07 bits per heavy atom. The molecule has 3 rings (SSSR count). The number of benzene rings is 2. The van der Waals surface area contributed by atoms with Gasteiger partial charge in [-0.1, -0.05) is 36.4 Å². The molecular weight excluding hydrogens is 400 g/mol. The van der Waals surface area contributed by atoms with Gasteiger partial charge in [-0.3, -0.25) is 4.79 Å². The minimum absolute atomic E-state index is 0.312. The number of ether oxygens (including phenoxy) is 2. The molecule has 1 heterocycles. The van der Waals surface area contributed by atoms with Crippen molar-refractivity contribution in [3.63, 3.8) is 0 Å². The Morgan fingerprint density at radius 3 is 2.53 bits per heavy atom. The standard InChI is InChI=1S/C23H22N2O4S/c1-15-11-12-19(28-2)18(14-15)25-21(26)20(16-8-5-4-6-9-16)29-23(27)17-10-7-13-24-22(17)30-3/h4-14,20H,1-3H3,(H,25,26)/t20-/m1/s1. The maximum absolute atomic E-state index is 13.1. The number of rotatable bonds is 7. The van der Waals surface area contributed by atoms with Crippen LogP contribution in [0.2, 0.25) is 0 Å². The molecule has 2 aromatic carbocycles. The third kappa shape index (κ3) is 4.99. The number of aromatic nitrogens is 1. The number of hydrogen-bond donors (Lipinski definition) is 1. The van der Waals surface area contributed by atoms with Gasteiger partial charge in [0.25, 0.3) is 5.91 Å². The van der Waals surface area contributed by atoms with Crippen molar-refractivity contribution < 1.29 is 19.1 Å². The number of carbonyl (C=O) groups excluding carboxylic acids is 2. The zero-order chi connectivity index (χ0) is 21.5. The van der Waals surface area contributed by atoms with Crippen molar-refractivity contribution in [3.8, 4) is 5.75 Å². The van der Waals surface area contributed by atoms with Crippen molar-refractivity contribution in [1.82, 2.24) is 4.98 Å². The molecule has 0 aliphatic rings. The van der Waals surface area contributed by atoms with Gasteiger partial charge in [0, 0.05) is 11.8 Å². The highest BCUT2D eigenvalue weighted by Crippen LogP contribution is 2.28. The second-order valence-corrected chi connectivity index (χ2v) is 7.24. The largest absolute Gasteiger partial charge is 0.495 e. The molecule has 0 saturated heterocycles. The van der Waals surface area contributed by atoms with E-state index in [9.17, 15) is 9.59 Å². The number of nitrogens with one attached hydrogen (secondary N) is 1. The average Bonchev–Trinajstić information content (AvgIpc) is 2.78. The van der Waals surface area contributed by atoms with E-state index in [-0.39, 0.29) is 0 Å². The smallest absolute Gasteiger partial charge is 0.342 e. The molecule has 0 spiro atoms. The van der Waals surface area contributed by atoms with E-state index in [4.69, 9.17) is 9.47 Å². The van der Waals surface area contributed by atoms with Crippen molar-refractivity contribution in [2.24, 2.45) is 0 Å². The molecule has 0 fully saturated rings. The van der Waals surface area contributed by atoms with Gasteiger partial charge in [0.05, 0.1) is 18.4 Å². The first-order chi connectivity index (χ1) is 14.5. The fourth-order valence-corrected chi connectivity index (χ4v) is 3.44. The number of carbonyl (C=O) groups is 2. The normalized spacial score (nSPS) is 11.4. The summed E-state index contributed by atoms with van der Waals surface area (Å²) in [6.07, 6.45) is 2.29. The Hall–Kier alpha value is -3.32. The van der Waals surface area contributed by atoms with Crippen LogP contribution in [0.5, 0.6) is 5.75 Å². The van der Waals surface area contributed by atoms with Crippen LogP contribution in [0.25, 0.3) is 0 Å². The van der Waals surface area contributed by atoms with Crippen molar-refractivity contribution in [2.75, 3.05) is 18.7 Å². The molecule has 7 heteroatoms. The van der Waals surface area contributed by atoms with Gasteiger partial charge in [-0.05, 0) is 43.0 Å². The molecule has 1 aromatic heterocycles. The lowest BCUT2D eigenvalue weighted by Gasteiger charge is -2.19. The third-order valence-electron chi connectivity index (χ3n) is 4.36. The number of pyridine rings is 1. The number of methoxy groups -OCH3 is 1. The topological polar surface area (TPSA) is 77.5 Å². The van der Waals surface area contributed by atoms with Gasteiger partial charge in [-0.2, -0.15) is 0 Å². The second-order valence-electron chi connectivity index (χ2n) is 6.45. The van der Waals surface area contributed by atoms with Crippen molar-refractivity contribution in [2.45, 2.75) is 18.1 Å². The molecule has 0 radical (unpaired) electrons. The number of thioether (sulfide) groups is 1. The Morgan fingerprint density at radius 2 is 1.83 bits per heavy atom. The summed E-state index contributed by atoms with van der Waals surface area (Å²) >= 11 is 1.34. The van der Waals surface area contributed by atoms with Crippen LogP contribution < -0.4 is 10.1 Å². The van der Waals surface area contributed by atoms with Gasteiger partial charge in [-0.25, -0.2) is 9.78 Å². The van der Waals surface area contributed by atoms with E-state index in [0.717, 1.165) is 5.56 Å². The van der Waals surface area contributed by atoms with Gasteiger partial charge in [0.2, 0.25) is 6.10 Å². The molecule has 0 saturated carbocycles. The SMILES string of the molecule is COc1ccc(C)cc1NC(=O)[C@H](OC(=O)c1cccnc1SC)c1ccccc1. The van der Waals surface area contributed by atoms with Crippen LogP contribution in [0.15, 0.2) is 71.9 Å². The van der Waals surface area contributed by atoms with Gasteiger partial charge >= 0.3 is 5.97 Å². The number of nitrogens with zero attached hydrogens (tertiary/aromatic N) is 1. The summed E-state index contributed by atoms with van der Waals surface area (Å²) in [5, 5.41) is 3.36. The molecule has 1 amide bonds. The van der Waals surface area contributed by atoms with E-state index in [1.54, 1.807) is 54.7 Å². The summed E-state index contributed by atoms with van der Waals surface area (Å²) in [7, 11) is 1.53. The highest BCUT2D eigenvalue weighted by Gasteiger charge is 2.27. The van der Waals surface area contributed by atoms with Gasteiger partial charge in [0.15, 0.2) is 0 Å². The first kappa shape index (κ1) is 21.4. The maximum atomic E-state index is 13.1. The molecule has 1 atom stereocenters. The minimum atomic E-state index is -1.14. The predicted molar refractivity (Wildman–Crippen MR) is 117 cm³/mol. The number of anilines is 1. The van der Waals surface area contributed by atoms with Crippen LogP contribution in [-0.4, -0.2) is 30.2 Å². The van der Waals surface area contributed by atoms with Crippen LogP contribution in [-0.2, 0) is 9.53 Å². The van der Waals surface area contributed by atoms with Gasteiger partial charge in [-0.15, -0.1) is 11.8 Å². The number of esters is 1. The van der Waals surface area contributed by atoms with Crippen LogP contribution >= 0.6 is 11.8 Å². The number of aryl methyl sites for hydroxylation is 1. The van der Waals surface area contributed by atoms with E-state index >= 15 is 0 Å². The van der Waals surface area contributed by atoms with Crippen LogP contribution in [0.3, 0.4) is 0 Å². The molecule has 0 aliphatic carbocycles.